The third-order valence-electron chi connectivity index (χ3n) is 2.85. The first-order chi connectivity index (χ1) is 9.10. The van der Waals surface area contributed by atoms with Crippen molar-refractivity contribution in [2.75, 3.05) is 12.4 Å². The quantitative estimate of drug-likeness (QED) is 0.888. The molecule has 0 radical (unpaired) electrons. The molecule has 0 saturated heterocycles. The van der Waals surface area contributed by atoms with Gasteiger partial charge in [0.25, 0.3) is 0 Å². The Morgan fingerprint density at radius 2 is 2.00 bits per heavy atom. The summed E-state index contributed by atoms with van der Waals surface area (Å²) in [5, 5.41) is 13.0. The van der Waals surface area contributed by atoms with E-state index in [1.54, 1.807) is 19.2 Å². The number of phenols is 1. The van der Waals surface area contributed by atoms with Crippen molar-refractivity contribution >= 4 is 17.3 Å². The van der Waals surface area contributed by atoms with Gasteiger partial charge in [-0.15, -0.1) is 0 Å². The number of anilines is 1. The molecule has 0 spiro atoms. The molecule has 0 bridgehead atoms. The number of nitrogens with one attached hydrogen (secondary N) is 1. The molecule has 4 heteroatoms. The van der Waals surface area contributed by atoms with Gasteiger partial charge < -0.3 is 15.2 Å². The first-order valence-electron chi connectivity index (χ1n) is 5.96. The molecule has 0 atom stereocenters. The van der Waals surface area contributed by atoms with Crippen molar-refractivity contribution in [3.8, 4) is 11.5 Å². The molecule has 0 aromatic heterocycles. The standard InChI is InChI=1S/C15H16ClNO2/c1-10-3-5-13(15(7-10)19-2)17-9-11-4-6-14(18)12(16)8-11/h3-8,17-18H,9H2,1-2H3. The number of hydrogen-bond acceptors (Lipinski definition) is 3. The van der Waals surface area contributed by atoms with Crippen molar-refractivity contribution in [1.29, 1.82) is 0 Å². The van der Waals surface area contributed by atoms with Crippen LogP contribution in [0.15, 0.2) is 36.4 Å². The van der Waals surface area contributed by atoms with Crippen LogP contribution >= 0.6 is 11.6 Å². The molecule has 0 unspecified atom stereocenters. The topological polar surface area (TPSA) is 41.5 Å². The van der Waals surface area contributed by atoms with Crippen molar-refractivity contribution in [3.05, 3.63) is 52.5 Å². The van der Waals surface area contributed by atoms with E-state index in [1.807, 2.05) is 31.2 Å². The van der Waals surface area contributed by atoms with Crippen molar-refractivity contribution in [1.82, 2.24) is 0 Å². The molecule has 0 heterocycles. The Morgan fingerprint density at radius 1 is 1.21 bits per heavy atom. The molecular formula is C15H16ClNO2. The third kappa shape index (κ3) is 3.32. The molecule has 2 aromatic rings. The maximum atomic E-state index is 9.37. The third-order valence-corrected chi connectivity index (χ3v) is 3.15. The van der Waals surface area contributed by atoms with E-state index in [-0.39, 0.29) is 5.75 Å². The first kappa shape index (κ1) is 13.6. The Kier molecular flexibility index (Phi) is 4.17. The Balaban J connectivity index is 2.12. The van der Waals surface area contributed by atoms with Gasteiger partial charge in [-0.1, -0.05) is 23.7 Å². The largest absolute Gasteiger partial charge is 0.506 e. The number of phenolic OH excluding ortho intramolecular Hbond substituents is 1. The van der Waals surface area contributed by atoms with Gasteiger partial charge in [0.2, 0.25) is 0 Å². The maximum absolute atomic E-state index is 9.37. The van der Waals surface area contributed by atoms with Crippen LogP contribution in [0.3, 0.4) is 0 Å². The summed E-state index contributed by atoms with van der Waals surface area (Å²) in [6, 6.07) is 11.1. The van der Waals surface area contributed by atoms with Crippen molar-refractivity contribution in [3.63, 3.8) is 0 Å². The summed E-state index contributed by atoms with van der Waals surface area (Å²) in [5.41, 5.74) is 3.07. The lowest BCUT2D eigenvalue weighted by Gasteiger charge is -2.12. The summed E-state index contributed by atoms with van der Waals surface area (Å²) in [7, 11) is 1.65. The Hall–Kier alpha value is -1.87. The van der Waals surface area contributed by atoms with Crippen LogP contribution in [0, 0.1) is 6.92 Å². The van der Waals surface area contributed by atoms with Crippen molar-refractivity contribution < 1.29 is 9.84 Å². The highest BCUT2D eigenvalue weighted by molar-refractivity contribution is 6.32. The van der Waals surface area contributed by atoms with Gasteiger partial charge in [-0.05, 0) is 42.3 Å². The Bertz CT molecular complexity index is 584. The molecule has 3 nitrogen and oxygen atoms in total. The highest BCUT2D eigenvalue weighted by Gasteiger charge is 2.04. The smallest absolute Gasteiger partial charge is 0.142 e. The van der Waals surface area contributed by atoms with E-state index < -0.39 is 0 Å². The van der Waals surface area contributed by atoms with Crippen LogP contribution in [0.25, 0.3) is 0 Å². The summed E-state index contributed by atoms with van der Waals surface area (Å²) in [4.78, 5) is 0. The van der Waals surface area contributed by atoms with Gasteiger partial charge in [-0.3, -0.25) is 0 Å². The van der Waals surface area contributed by atoms with Crippen LogP contribution in [-0.2, 0) is 6.54 Å². The second-order valence-electron chi connectivity index (χ2n) is 4.34. The summed E-state index contributed by atoms with van der Waals surface area (Å²) in [6.45, 7) is 2.63. The minimum absolute atomic E-state index is 0.0957. The minimum atomic E-state index is 0.0957. The number of hydrogen-bond donors (Lipinski definition) is 2. The van der Waals surface area contributed by atoms with Gasteiger partial charge in [0.1, 0.15) is 11.5 Å². The predicted molar refractivity (Wildman–Crippen MR) is 78.2 cm³/mol. The molecule has 2 N–H and O–H groups in total. The summed E-state index contributed by atoms with van der Waals surface area (Å²) >= 11 is 5.87. The van der Waals surface area contributed by atoms with Gasteiger partial charge in [-0.2, -0.15) is 0 Å². The van der Waals surface area contributed by atoms with Gasteiger partial charge >= 0.3 is 0 Å². The van der Waals surface area contributed by atoms with E-state index in [0.29, 0.717) is 11.6 Å². The van der Waals surface area contributed by atoms with E-state index in [9.17, 15) is 5.11 Å². The van der Waals surface area contributed by atoms with E-state index in [2.05, 4.69) is 5.32 Å². The molecule has 100 valence electrons. The molecule has 0 aliphatic rings. The highest BCUT2D eigenvalue weighted by atomic mass is 35.5. The predicted octanol–water partition coefficient (Wildman–Crippen LogP) is 3.97. The molecule has 0 aliphatic carbocycles. The SMILES string of the molecule is COc1cc(C)ccc1NCc1ccc(O)c(Cl)c1. The molecule has 0 saturated carbocycles. The van der Waals surface area contributed by atoms with Crippen LogP contribution in [0.4, 0.5) is 5.69 Å². The first-order valence-corrected chi connectivity index (χ1v) is 6.34. The Labute approximate surface area is 117 Å². The fraction of sp³-hybridized carbons (Fsp3) is 0.200. The molecule has 2 rings (SSSR count). The van der Waals surface area contributed by atoms with Crippen LogP contribution in [0.5, 0.6) is 11.5 Å². The fourth-order valence-corrected chi connectivity index (χ4v) is 2.01. The van der Waals surface area contributed by atoms with Crippen LogP contribution < -0.4 is 10.1 Å². The van der Waals surface area contributed by atoms with E-state index in [4.69, 9.17) is 16.3 Å². The van der Waals surface area contributed by atoms with Gasteiger partial charge in [0, 0.05) is 6.54 Å². The lowest BCUT2D eigenvalue weighted by Crippen LogP contribution is -2.01. The second kappa shape index (κ2) is 5.85. The second-order valence-corrected chi connectivity index (χ2v) is 4.75. The van der Waals surface area contributed by atoms with E-state index in [1.165, 1.54) is 0 Å². The lowest BCUT2D eigenvalue weighted by molar-refractivity contribution is 0.416. The number of ether oxygens (including phenoxy) is 1. The van der Waals surface area contributed by atoms with Crippen LogP contribution in [0.1, 0.15) is 11.1 Å². The van der Waals surface area contributed by atoms with Gasteiger partial charge in [0.05, 0.1) is 17.8 Å². The van der Waals surface area contributed by atoms with E-state index in [0.717, 1.165) is 22.6 Å². The summed E-state index contributed by atoms with van der Waals surface area (Å²) < 4.78 is 5.33. The zero-order chi connectivity index (χ0) is 13.8. The number of benzene rings is 2. The molecule has 0 fully saturated rings. The highest BCUT2D eigenvalue weighted by Crippen LogP contribution is 2.27. The molecular weight excluding hydrogens is 262 g/mol. The summed E-state index contributed by atoms with van der Waals surface area (Å²) in [6.07, 6.45) is 0. The van der Waals surface area contributed by atoms with E-state index >= 15 is 0 Å². The average molecular weight is 278 g/mol. The van der Waals surface area contributed by atoms with Crippen LogP contribution in [0.2, 0.25) is 5.02 Å². The molecule has 19 heavy (non-hydrogen) atoms. The zero-order valence-corrected chi connectivity index (χ0v) is 11.7. The Morgan fingerprint density at radius 3 is 2.68 bits per heavy atom. The zero-order valence-electron chi connectivity index (χ0n) is 10.9. The number of aryl methyl sites for hydroxylation is 1. The monoisotopic (exact) mass is 277 g/mol. The average Bonchev–Trinajstić information content (AvgIpc) is 2.41. The molecule has 0 amide bonds. The normalized spacial score (nSPS) is 10.3. The van der Waals surface area contributed by atoms with Gasteiger partial charge in [0.15, 0.2) is 0 Å². The van der Waals surface area contributed by atoms with Crippen LogP contribution in [-0.4, -0.2) is 12.2 Å². The number of methoxy groups -OCH3 is 1. The van der Waals surface area contributed by atoms with Crippen molar-refractivity contribution in [2.45, 2.75) is 13.5 Å². The number of rotatable bonds is 4. The van der Waals surface area contributed by atoms with Crippen molar-refractivity contribution in [2.24, 2.45) is 0 Å². The minimum Gasteiger partial charge on any atom is -0.506 e. The lowest BCUT2D eigenvalue weighted by atomic mass is 10.2. The maximum Gasteiger partial charge on any atom is 0.142 e. The molecule has 2 aromatic carbocycles. The van der Waals surface area contributed by atoms with Gasteiger partial charge in [-0.25, -0.2) is 0 Å². The number of halogens is 1. The molecule has 0 aliphatic heterocycles. The number of aromatic hydroxyl groups is 1. The summed E-state index contributed by atoms with van der Waals surface area (Å²) in [5.74, 6) is 0.906. The fourth-order valence-electron chi connectivity index (χ4n) is 1.80.